The van der Waals surface area contributed by atoms with Gasteiger partial charge in [-0.15, -0.1) is 5.53 Å². The van der Waals surface area contributed by atoms with E-state index in [4.69, 9.17) is 0 Å². The predicted octanol–water partition coefficient (Wildman–Crippen LogP) is 1.74. The lowest BCUT2D eigenvalue weighted by atomic mass is 9.99. The van der Waals surface area contributed by atoms with E-state index in [0.29, 0.717) is 0 Å². The Labute approximate surface area is 141 Å². The molecule has 6 heteroatoms. The zero-order valence-electron chi connectivity index (χ0n) is 13.6. The molecule has 3 N–H and O–H groups in total. The Balaban J connectivity index is 1.55. The molecule has 124 valence electrons. The second kappa shape index (κ2) is 6.14. The van der Waals surface area contributed by atoms with Gasteiger partial charge in [0.15, 0.2) is 0 Å². The number of amides is 1. The number of hydrogen-bond acceptors (Lipinski definition) is 5. The van der Waals surface area contributed by atoms with Gasteiger partial charge in [-0.05, 0) is 28.8 Å². The average Bonchev–Trinajstić information content (AvgIpc) is 3.02. The maximum atomic E-state index is 11.0. The van der Waals surface area contributed by atoms with Crippen LogP contribution in [0.25, 0.3) is 11.1 Å². The second-order valence-corrected chi connectivity index (χ2v) is 6.26. The third-order valence-corrected chi connectivity index (χ3v) is 4.72. The van der Waals surface area contributed by atoms with E-state index < -0.39 is 0 Å². The molecule has 1 saturated heterocycles. The number of nitrogens with zero attached hydrogens (tertiary/aromatic N) is 2. The van der Waals surface area contributed by atoms with Crippen LogP contribution in [0.1, 0.15) is 11.6 Å². The molecule has 1 unspecified atom stereocenters. The molecule has 1 fully saturated rings. The van der Waals surface area contributed by atoms with Gasteiger partial charge in [0.2, 0.25) is 6.41 Å². The van der Waals surface area contributed by atoms with Crippen LogP contribution in [-0.2, 0) is 4.79 Å². The van der Waals surface area contributed by atoms with Gasteiger partial charge >= 0.3 is 0 Å². The Morgan fingerprint density at radius 3 is 2.71 bits per heavy atom. The first-order valence-electron chi connectivity index (χ1n) is 8.17. The summed E-state index contributed by atoms with van der Waals surface area (Å²) < 4.78 is 0. The smallest absolute Gasteiger partial charge is 0.209 e. The van der Waals surface area contributed by atoms with Crippen molar-refractivity contribution in [2.45, 2.75) is 6.04 Å². The number of benzene rings is 2. The van der Waals surface area contributed by atoms with Crippen molar-refractivity contribution >= 4 is 17.8 Å². The van der Waals surface area contributed by atoms with Crippen LogP contribution in [0.2, 0.25) is 0 Å². The normalized spacial score (nSPS) is 19.8. The average molecular weight is 323 g/mol. The molecule has 2 aliphatic rings. The molecule has 0 radical (unpaired) electrons. The van der Waals surface area contributed by atoms with Crippen LogP contribution in [0, 0.1) is 0 Å². The van der Waals surface area contributed by atoms with Gasteiger partial charge in [-0.2, -0.15) is 0 Å². The molecule has 2 heterocycles. The van der Waals surface area contributed by atoms with E-state index in [0.717, 1.165) is 37.4 Å². The van der Waals surface area contributed by atoms with Crippen LogP contribution in [0.3, 0.4) is 0 Å². The van der Waals surface area contributed by atoms with Crippen LogP contribution >= 0.6 is 0 Å². The standard InChI is InChI=1S/C18H21N5O/c1-22-18-7-6-15(10-16(18)20-21-22)13-2-4-14(5-3-13)17-11-23(12-24)9-8-19-17/h2-7,10,12,17,19-21H,8-9,11H2,1H3. The maximum Gasteiger partial charge on any atom is 0.209 e. The van der Waals surface area contributed by atoms with Crippen molar-refractivity contribution in [2.24, 2.45) is 0 Å². The highest BCUT2D eigenvalue weighted by Gasteiger charge is 2.19. The second-order valence-electron chi connectivity index (χ2n) is 6.26. The first-order valence-corrected chi connectivity index (χ1v) is 8.17. The summed E-state index contributed by atoms with van der Waals surface area (Å²) in [6, 6.07) is 15.2. The summed E-state index contributed by atoms with van der Waals surface area (Å²) in [4.78, 5) is 12.8. The SMILES string of the molecule is CN1NNc2cc(-c3ccc(C4CN(C=O)CCN4)cc3)ccc21. The van der Waals surface area contributed by atoms with Gasteiger partial charge in [0.1, 0.15) is 0 Å². The van der Waals surface area contributed by atoms with Crippen molar-refractivity contribution < 1.29 is 4.79 Å². The fourth-order valence-electron chi connectivity index (χ4n) is 3.31. The van der Waals surface area contributed by atoms with Gasteiger partial charge in [-0.1, -0.05) is 30.3 Å². The van der Waals surface area contributed by atoms with Crippen LogP contribution in [0.5, 0.6) is 0 Å². The van der Waals surface area contributed by atoms with Crippen LogP contribution in [0.4, 0.5) is 11.4 Å². The van der Waals surface area contributed by atoms with E-state index in [1.165, 1.54) is 16.7 Å². The Bertz CT molecular complexity index is 746. The van der Waals surface area contributed by atoms with Gasteiger partial charge in [-0.3, -0.25) is 9.80 Å². The highest BCUT2D eigenvalue weighted by atomic mass is 16.1. The van der Waals surface area contributed by atoms with Crippen molar-refractivity contribution in [1.29, 1.82) is 0 Å². The number of anilines is 2. The number of rotatable bonds is 3. The van der Waals surface area contributed by atoms with Crippen LogP contribution in [-0.4, -0.2) is 38.0 Å². The molecule has 2 aromatic rings. The molecule has 0 aromatic heterocycles. The number of nitrogens with one attached hydrogen (secondary N) is 3. The topological polar surface area (TPSA) is 59.6 Å². The lowest BCUT2D eigenvalue weighted by molar-refractivity contribution is -0.119. The summed E-state index contributed by atoms with van der Waals surface area (Å²) >= 11 is 0. The molecule has 0 spiro atoms. The van der Waals surface area contributed by atoms with E-state index >= 15 is 0 Å². The van der Waals surface area contributed by atoms with E-state index in [2.05, 4.69) is 58.7 Å². The third kappa shape index (κ3) is 2.70. The van der Waals surface area contributed by atoms with Gasteiger partial charge in [-0.25, -0.2) is 0 Å². The van der Waals surface area contributed by atoms with E-state index in [1.54, 1.807) is 0 Å². The Kier molecular flexibility index (Phi) is 3.84. The number of fused-ring (bicyclic) bond motifs is 1. The fraction of sp³-hybridized carbons (Fsp3) is 0.278. The highest BCUT2D eigenvalue weighted by Crippen LogP contribution is 2.33. The van der Waals surface area contributed by atoms with Crippen molar-refractivity contribution in [1.82, 2.24) is 15.8 Å². The molecule has 2 aromatic carbocycles. The highest BCUT2D eigenvalue weighted by molar-refractivity contribution is 5.79. The number of hydrazine groups is 2. The zero-order valence-corrected chi connectivity index (χ0v) is 13.6. The van der Waals surface area contributed by atoms with Gasteiger partial charge < -0.3 is 15.6 Å². The van der Waals surface area contributed by atoms with Crippen LogP contribution in [0.15, 0.2) is 42.5 Å². The zero-order chi connectivity index (χ0) is 16.5. The number of carbonyl (C=O) groups is 1. The molecular formula is C18H21N5O. The summed E-state index contributed by atoms with van der Waals surface area (Å²) in [6.45, 7) is 2.34. The van der Waals surface area contributed by atoms with Gasteiger partial charge in [0.25, 0.3) is 0 Å². The molecule has 1 atom stereocenters. The maximum absolute atomic E-state index is 11.0. The summed E-state index contributed by atoms with van der Waals surface area (Å²) in [5.41, 5.74) is 12.0. The fourth-order valence-corrected chi connectivity index (χ4v) is 3.31. The van der Waals surface area contributed by atoms with E-state index in [1.807, 2.05) is 17.0 Å². The van der Waals surface area contributed by atoms with E-state index in [9.17, 15) is 4.79 Å². The predicted molar refractivity (Wildman–Crippen MR) is 95.4 cm³/mol. The summed E-state index contributed by atoms with van der Waals surface area (Å²) in [7, 11) is 1.98. The molecule has 6 nitrogen and oxygen atoms in total. The Morgan fingerprint density at radius 1 is 1.12 bits per heavy atom. The first kappa shape index (κ1) is 15.0. The lowest BCUT2D eigenvalue weighted by Crippen LogP contribution is -2.44. The quantitative estimate of drug-likeness (QED) is 0.751. The van der Waals surface area contributed by atoms with E-state index in [-0.39, 0.29) is 6.04 Å². The first-order chi connectivity index (χ1) is 11.7. The number of piperazine rings is 1. The Morgan fingerprint density at radius 2 is 1.92 bits per heavy atom. The minimum absolute atomic E-state index is 0.206. The molecule has 24 heavy (non-hydrogen) atoms. The summed E-state index contributed by atoms with van der Waals surface area (Å²) in [5.74, 6) is 0. The monoisotopic (exact) mass is 323 g/mol. The Hall–Kier alpha value is -2.57. The minimum Gasteiger partial charge on any atom is -0.342 e. The largest absolute Gasteiger partial charge is 0.342 e. The lowest BCUT2D eigenvalue weighted by Gasteiger charge is -2.31. The molecule has 0 bridgehead atoms. The minimum atomic E-state index is 0.206. The molecule has 0 saturated carbocycles. The number of carbonyl (C=O) groups excluding carboxylic acids is 1. The molecule has 4 rings (SSSR count). The van der Waals surface area contributed by atoms with Gasteiger partial charge in [0, 0.05) is 32.7 Å². The van der Waals surface area contributed by atoms with Crippen molar-refractivity contribution in [2.75, 3.05) is 37.1 Å². The molecule has 0 aliphatic carbocycles. The van der Waals surface area contributed by atoms with Gasteiger partial charge in [0.05, 0.1) is 11.4 Å². The van der Waals surface area contributed by atoms with Crippen molar-refractivity contribution in [3.8, 4) is 11.1 Å². The van der Waals surface area contributed by atoms with Crippen molar-refractivity contribution in [3.63, 3.8) is 0 Å². The molecular weight excluding hydrogens is 302 g/mol. The summed E-state index contributed by atoms with van der Waals surface area (Å²) in [5, 5.41) is 5.43. The molecule has 1 amide bonds. The molecule has 2 aliphatic heterocycles. The summed E-state index contributed by atoms with van der Waals surface area (Å²) in [6.07, 6.45) is 0.935. The third-order valence-electron chi connectivity index (χ3n) is 4.72. The number of hydrogen-bond donors (Lipinski definition) is 3. The van der Waals surface area contributed by atoms with Crippen LogP contribution < -0.4 is 21.3 Å². The van der Waals surface area contributed by atoms with Crippen molar-refractivity contribution in [3.05, 3.63) is 48.0 Å².